The van der Waals surface area contributed by atoms with Crippen LogP contribution in [0.25, 0.3) is 32.0 Å². The van der Waals surface area contributed by atoms with E-state index in [9.17, 15) is 9.90 Å². The Morgan fingerprint density at radius 1 is 1.00 bits per heavy atom. The fraction of sp³-hybridized carbons (Fsp3) is 0.265. The Morgan fingerprint density at radius 3 is 2.41 bits per heavy atom. The second-order valence-electron chi connectivity index (χ2n) is 10.6. The molecule has 1 heterocycles. The summed E-state index contributed by atoms with van der Waals surface area (Å²) in [5.74, 6) is 0.129. The summed E-state index contributed by atoms with van der Waals surface area (Å²) >= 11 is 5.76. The zero-order chi connectivity index (χ0) is 27.1. The molecule has 0 amide bonds. The summed E-state index contributed by atoms with van der Waals surface area (Å²) in [6.45, 7) is 4.41. The van der Waals surface area contributed by atoms with E-state index in [0.29, 0.717) is 18.1 Å². The monoisotopic (exact) mass is 598 g/mol. The third kappa shape index (κ3) is 4.87. The van der Waals surface area contributed by atoms with Crippen molar-refractivity contribution in [3.63, 3.8) is 0 Å². The van der Waals surface area contributed by atoms with E-state index in [1.54, 1.807) is 0 Å². The van der Waals surface area contributed by atoms with Crippen molar-refractivity contribution in [3.05, 3.63) is 98.8 Å². The maximum absolute atomic E-state index is 12.3. The molecule has 1 saturated carbocycles. The van der Waals surface area contributed by atoms with Crippen LogP contribution in [0.4, 0.5) is 0 Å². The molecule has 39 heavy (non-hydrogen) atoms. The molecule has 0 spiro atoms. The van der Waals surface area contributed by atoms with Crippen LogP contribution in [-0.4, -0.2) is 17.2 Å². The smallest absolute Gasteiger partial charge is 0.345 e. The average Bonchev–Trinajstić information content (AvgIpc) is 3.59. The highest BCUT2D eigenvalue weighted by Gasteiger charge is 2.27. The maximum Gasteiger partial charge on any atom is 0.345 e. The van der Waals surface area contributed by atoms with Gasteiger partial charge in [0.05, 0.1) is 4.70 Å². The predicted molar refractivity (Wildman–Crippen MR) is 165 cm³/mol. The molecule has 1 N–H and O–H groups in total. The van der Waals surface area contributed by atoms with Gasteiger partial charge in [-0.05, 0) is 99.3 Å². The topological polar surface area (TPSA) is 46.5 Å². The number of carbonyl (C=O) groups is 1. The number of ether oxygens (including phenoxy) is 1. The highest BCUT2D eigenvalue weighted by molar-refractivity contribution is 9.11. The van der Waals surface area contributed by atoms with E-state index in [1.807, 2.05) is 47.7 Å². The van der Waals surface area contributed by atoms with Gasteiger partial charge in [-0.25, -0.2) is 4.79 Å². The number of hydrogen-bond donors (Lipinski definition) is 1. The molecule has 6 rings (SSSR count). The number of thiophene rings is 1. The molecule has 5 heteroatoms. The van der Waals surface area contributed by atoms with Gasteiger partial charge in [0.2, 0.25) is 0 Å². The zero-order valence-corrected chi connectivity index (χ0v) is 24.6. The molecule has 1 fully saturated rings. The Morgan fingerprint density at radius 2 is 1.69 bits per heavy atom. The van der Waals surface area contributed by atoms with Gasteiger partial charge in [0.15, 0.2) is 6.10 Å². The number of rotatable bonds is 7. The standard InChI is InChI=1S/C34H31BrO3S/c1-20-21(2)39-33-30(20)31(25-14-8-9-15-26(25)32(33)35)24-16-17-28(27(19-24)23-12-6-7-13-23)38-29(34(36)37)18-22-10-4-3-5-11-22/h3-5,8-11,14-17,19,23,29H,6-7,12-13,18H2,1-2H3,(H,36,37). The van der Waals surface area contributed by atoms with E-state index in [1.165, 1.54) is 49.7 Å². The highest BCUT2D eigenvalue weighted by atomic mass is 79.9. The minimum Gasteiger partial charge on any atom is -0.478 e. The van der Waals surface area contributed by atoms with Crippen molar-refractivity contribution in [2.45, 2.75) is 58.0 Å². The van der Waals surface area contributed by atoms with Gasteiger partial charge in [-0.3, -0.25) is 0 Å². The molecule has 3 nitrogen and oxygen atoms in total. The van der Waals surface area contributed by atoms with Crippen LogP contribution in [-0.2, 0) is 11.2 Å². The second kappa shape index (κ2) is 10.8. The lowest BCUT2D eigenvalue weighted by Gasteiger charge is -2.22. The van der Waals surface area contributed by atoms with Gasteiger partial charge < -0.3 is 9.84 Å². The lowest BCUT2D eigenvalue weighted by molar-refractivity contribution is -0.145. The number of aliphatic carboxylic acids is 1. The van der Waals surface area contributed by atoms with Crippen LogP contribution in [0.3, 0.4) is 0 Å². The van der Waals surface area contributed by atoms with Gasteiger partial charge in [-0.15, -0.1) is 11.3 Å². The average molecular weight is 600 g/mol. The fourth-order valence-corrected chi connectivity index (χ4v) is 7.96. The van der Waals surface area contributed by atoms with Gasteiger partial charge >= 0.3 is 5.97 Å². The molecule has 0 radical (unpaired) electrons. The Bertz CT molecular complexity index is 1680. The molecule has 0 aliphatic heterocycles. The van der Waals surface area contributed by atoms with Gasteiger partial charge in [0.25, 0.3) is 0 Å². The first-order valence-corrected chi connectivity index (χ1v) is 15.2. The van der Waals surface area contributed by atoms with Crippen molar-refractivity contribution in [3.8, 4) is 16.9 Å². The summed E-state index contributed by atoms with van der Waals surface area (Å²) in [5.41, 5.74) is 5.81. The molecule has 5 aromatic rings. The molecule has 1 unspecified atom stereocenters. The lowest BCUT2D eigenvalue weighted by atomic mass is 9.89. The van der Waals surface area contributed by atoms with Crippen LogP contribution in [0, 0.1) is 13.8 Å². The normalized spacial score (nSPS) is 14.7. The third-order valence-corrected chi connectivity index (χ3v) is 10.5. The minimum atomic E-state index is -0.944. The third-order valence-electron chi connectivity index (χ3n) is 8.17. The summed E-state index contributed by atoms with van der Waals surface area (Å²) in [6.07, 6.45) is 3.96. The summed E-state index contributed by atoms with van der Waals surface area (Å²) in [6, 6.07) is 24.7. The van der Waals surface area contributed by atoms with Crippen LogP contribution < -0.4 is 4.74 Å². The molecular weight excluding hydrogens is 568 g/mol. The fourth-order valence-electron chi connectivity index (χ4n) is 6.06. The van der Waals surface area contributed by atoms with Crippen molar-refractivity contribution in [1.29, 1.82) is 0 Å². The summed E-state index contributed by atoms with van der Waals surface area (Å²) < 4.78 is 8.76. The van der Waals surface area contributed by atoms with E-state index in [2.05, 4.69) is 66.2 Å². The molecule has 1 aliphatic rings. The first-order chi connectivity index (χ1) is 18.9. The molecule has 1 aromatic heterocycles. The van der Waals surface area contributed by atoms with Crippen molar-refractivity contribution in [2.75, 3.05) is 0 Å². The van der Waals surface area contributed by atoms with E-state index >= 15 is 0 Å². The van der Waals surface area contributed by atoms with Gasteiger partial charge in [-0.2, -0.15) is 0 Å². The number of carboxylic acid groups (broad SMARTS) is 1. The number of hydrogen-bond acceptors (Lipinski definition) is 3. The molecular formula is C34H31BrO3S. The van der Waals surface area contributed by atoms with Gasteiger partial charge in [0, 0.05) is 21.2 Å². The molecule has 0 bridgehead atoms. The van der Waals surface area contributed by atoms with Crippen molar-refractivity contribution in [2.24, 2.45) is 0 Å². The van der Waals surface area contributed by atoms with E-state index in [0.717, 1.165) is 34.0 Å². The van der Waals surface area contributed by atoms with E-state index in [4.69, 9.17) is 4.74 Å². The van der Waals surface area contributed by atoms with E-state index < -0.39 is 12.1 Å². The van der Waals surface area contributed by atoms with Crippen LogP contribution >= 0.6 is 27.3 Å². The number of halogens is 1. The van der Waals surface area contributed by atoms with Crippen LogP contribution in [0.1, 0.15) is 53.2 Å². The Hall–Kier alpha value is -3.15. The van der Waals surface area contributed by atoms with Crippen LogP contribution in [0.15, 0.2) is 77.3 Å². The van der Waals surface area contributed by atoms with E-state index in [-0.39, 0.29) is 0 Å². The summed E-state index contributed by atoms with van der Waals surface area (Å²) in [5, 5.41) is 13.8. The number of fused-ring (bicyclic) bond motifs is 2. The predicted octanol–water partition coefficient (Wildman–Crippen LogP) is 9.83. The Balaban J connectivity index is 1.51. The number of benzene rings is 4. The highest BCUT2D eigenvalue weighted by Crippen LogP contribution is 2.48. The lowest BCUT2D eigenvalue weighted by Crippen LogP contribution is -2.29. The Labute approximate surface area is 241 Å². The summed E-state index contributed by atoms with van der Waals surface area (Å²) in [7, 11) is 0. The first-order valence-electron chi connectivity index (χ1n) is 13.6. The van der Waals surface area contributed by atoms with Crippen molar-refractivity contribution >= 4 is 54.1 Å². The minimum absolute atomic E-state index is 0.327. The maximum atomic E-state index is 12.3. The molecule has 1 atom stereocenters. The van der Waals surface area contributed by atoms with Crippen LogP contribution in [0.2, 0.25) is 0 Å². The SMILES string of the molecule is Cc1sc2c(Br)c3ccccc3c(-c3ccc(OC(Cc4ccccc4)C(=O)O)c(C4CCCC4)c3)c2c1C. The van der Waals surface area contributed by atoms with Crippen molar-refractivity contribution < 1.29 is 14.6 Å². The molecule has 1 aliphatic carbocycles. The quantitative estimate of drug-likeness (QED) is 0.203. The molecule has 198 valence electrons. The second-order valence-corrected chi connectivity index (χ2v) is 12.6. The summed E-state index contributed by atoms with van der Waals surface area (Å²) in [4.78, 5) is 13.6. The molecule has 4 aromatic carbocycles. The van der Waals surface area contributed by atoms with Gasteiger partial charge in [-0.1, -0.05) is 73.5 Å². The van der Waals surface area contributed by atoms with Crippen molar-refractivity contribution in [1.82, 2.24) is 0 Å². The first kappa shape index (κ1) is 26.1. The van der Waals surface area contributed by atoms with Crippen LogP contribution in [0.5, 0.6) is 5.75 Å². The Kier molecular flexibility index (Phi) is 7.22. The zero-order valence-electron chi connectivity index (χ0n) is 22.2. The number of carboxylic acids is 1. The number of aryl methyl sites for hydroxylation is 2. The van der Waals surface area contributed by atoms with Gasteiger partial charge in [0.1, 0.15) is 5.75 Å². The largest absolute Gasteiger partial charge is 0.478 e. The molecule has 0 saturated heterocycles.